The lowest BCUT2D eigenvalue weighted by atomic mass is 10.0. The summed E-state index contributed by atoms with van der Waals surface area (Å²) in [6.45, 7) is 0.406. The molecule has 5 nitrogen and oxygen atoms in total. The summed E-state index contributed by atoms with van der Waals surface area (Å²) in [6.07, 6.45) is 0.757. The summed E-state index contributed by atoms with van der Waals surface area (Å²) in [5.41, 5.74) is 3.02. The topological polar surface area (TPSA) is 49.1 Å². The second-order valence-corrected chi connectivity index (χ2v) is 6.54. The van der Waals surface area contributed by atoms with Crippen molar-refractivity contribution in [2.75, 3.05) is 7.11 Å². The molecule has 0 aliphatic carbocycles. The van der Waals surface area contributed by atoms with E-state index in [1.54, 1.807) is 13.1 Å². The Morgan fingerprint density at radius 1 is 1.00 bits per heavy atom. The van der Waals surface area contributed by atoms with Gasteiger partial charge < -0.3 is 4.74 Å². The van der Waals surface area contributed by atoms with E-state index >= 15 is 0 Å². The lowest BCUT2D eigenvalue weighted by molar-refractivity contribution is 0.357. The Morgan fingerprint density at radius 3 is 2.28 bits per heavy atom. The summed E-state index contributed by atoms with van der Waals surface area (Å²) in [7, 11) is 3.10. The SMILES string of the molecule is COc1nn(C)c(=O)n1Cc1ccc(Cc2ccc(Cl)c(Cl)c2)cc1. The molecule has 7 heteroatoms. The molecule has 0 radical (unpaired) electrons. The molecule has 0 amide bonds. The third-order valence-corrected chi connectivity index (χ3v) is 4.65. The largest absolute Gasteiger partial charge is 0.467 e. The van der Waals surface area contributed by atoms with Crippen LogP contribution in [0.2, 0.25) is 10.0 Å². The summed E-state index contributed by atoms with van der Waals surface area (Å²) in [5, 5.41) is 5.14. The molecule has 2 aromatic carbocycles. The van der Waals surface area contributed by atoms with Crippen LogP contribution in [0, 0.1) is 0 Å². The summed E-state index contributed by atoms with van der Waals surface area (Å²) in [5.74, 6) is 0. The van der Waals surface area contributed by atoms with Crippen LogP contribution in [0.1, 0.15) is 16.7 Å². The number of halogens is 2. The molecule has 0 spiro atoms. The van der Waals surface area contributed by atoms with Gasteiger partial charge in [0, 0.05) is 7.05 Å². The summed E-state index contributed by atoms with van der Waals surface area (Å²) < 4.78 is 7.91. The highest BCUT2D eigenvalue weighted by atomic mass is 35.5. The second-order valence-electron chi connectivity index (χ2n) is 5.72. The third kappa shape index (κ3) is 3.89. The minimum atomic E-state index is -0.211. The molecule has 0 saturated carbocycles. The molecule has 1 aromatic heterocycles. The lowest BCUT2D eigenvalue weighted by Crippen LogP contribution is -2.23. The van der Waals surface area contributed by atoms with Crippen molar-refractivity contribution < 1.29 is 4.74 Å². The number of hydrogen-bond acceptors (Lipinski definition) is 3. The van der Waals surface area contributed by atoms with Gasteiger partial charge in [0.05, 0.1) is 23.7 Å². The molecular weight excluding hydrogens is 361 g/mol. The first-order valence-corrected chi connectivity index (χ1v) is 8.43. The standard InChI is InChI=1S/C18H17Cl2N3O2/c1-22-18(24)23(17(21-22)25-2)11-13-5-3-12(4-6-13)9-14-7-8-15(19)16(20)10-14/h3-8,10H,9,11H2,1-2H3. The van der Waals surface area contributed by atoms with E-state index in [-0.39, 0.29) is 5.69 Å². The van der Waals surface area contributed by atoms with E-state index in [9.17, 15) is 4.79 Å². The van der Waals surface area contributed by atoms with Crippen LogP contribution >= 0.6 is 23.2 Å². The van der Waals surface area contributed by atoms with Crippen LogP contribution in [0.3, 0.4) is 0 Å². The van der Waals surface area contributed by atoms with Crippen molar-refractivity contribution >= 4 is 23.2 Å². The second kappa shape index (κ2) is 7.33. The smallest absolute Gasteiger partial charge is 0.348 e. The van der Waals surface area contributed by atoms with Crippen molar-refractivity contribution in [2.24, 2.45) is 7.05 Å². The number of methoxy groups -OCH3 is 1. The highest BCUT2D eigenvalue weighted by Gasteiger charge is 2.11. The van der Waals surface area contributed by atoms with Crippen molar-refractivity contribution in [3.63, 3.8) is 0 Å². The fraction of sp³-hybridized carbons (Fsp3) is 0.222. The van der Waals surface area contributed by atoms with Crippen LogP contribution in [0.4, 0.5) is 0 Å². The number of aryl methyl sites for hydroxylation is 1. The molecule has 130 valence electrons. The number of hydrogen-bond donors (Lipinski definition) is 0. The van der Waals surface area contributed by atoms with Crippen molar-refractivity contribution in [2.45, 2.75) is 13.0 Å². The number of rotatable bonds is 5. The van der Waals surface area contributed by atoms with Crippen molar-refractivity contribution in [3.8, 4) is 6.01 Å². The van der Waals surface area contributed by atoms with Crippen LogP contribution in [0.5, 0.6) is 6.01 Å². The van der Waals surface area contributed by atoms with Gasteiger partial charge in [0.2, 0.25) is 0 Å². The Bertz CT molecular complexity index is 946. The average molecular weight is 378 g/mol. The van der Waals surface area contributed by atoms with E-state index in [0.717, 1.165) is 23.1 Å². The maximum absolute atomic E-state index is 12.1. The van der Waals surface area contributed by atoms with E-state index in [1.807, 2.05) is 36.4 Å². The van der Waals surface area contributed by atoms with Gasteiger partial charge in [-0.25, -0.2) is 14.0 Å². The Morgan fingerprint density at radius 2 is 1.64 bits per heavy atom. The van der Waals surface area contributed by atoms with Crippen LogP contribution in [-0.2, 0) is 20.0 Å². The highest BCUT2D eigenvalue weighted by molar-refractivity contribution is 6.42. The number of ether oxygens (including phenoxy) is 1. The molecule has 0 aliphatic rings. The molecular formula is C18H17Cl2N3O2. The van der Waals surface area contributed by atoms with Gasteiger partial charge in [0.25, 0.3) is 0 Å². The van der Waals surface area contributed by atoms with Crippen molar-refractivity contribution in [1.29, 1.82) is 0 Å². The van der Waals surface area contributed by atoms with E-state index in [2.05, 4.69) is 5.10 Å². The molecule has 0 unspecified atom stereocenters. The van der Waals surface area contributed by atoms with Crippen molar-refractivity contribution in [1.82, 2.24) is 14.3 Å². The molecule has 0 bridgehead atoms. The predicted octanol–water partition coefficient (Wildman–Crippen LogP) is 3.54. The lowest BCUT2D eigenvalue weighted by Gasteiger charge is -2.07. The molecule has 25 heavy (non-hydrogen) atoms. The Labute approximate surface area is 155 Å². The third-order valence-electron chi connectivity index (χ3n) is 3.91. The minimum Gasteiger partial charge on any atom is -0.467 e. The monoisotopic (exact) mass is 377 g/mol. The molecule has 1 heterocycles. The predicted molar refractivity (Wildman–Crippen MR) is 98.8 cm³/mol. The quantitative estimate of drug-likeness (QED) is 0.683. The van der Waals surface area contributed by atoms with Gasteiger partial charge in [-0.15, -0.1) is 5.10 Å². The van der Waals surface area contributed by atoms with Crippen LogP contribution < -0.4 is 10.4 Å². The van der Waals surface area contributed by atoms with Crippen LogP contribution in [0.25, 0.3) is 0 Å². The van der Waals surface area contributed by atoms with Gasteiger partial charge in [0.15, 0.2) is 0 Å². The zero-order valence-electron chi connectivity index (χ0n) is 13.9. The first-order valence-electron chi connectivity index (χ1n) is 7.67. The molecule has 0 atom stereocenters. The molecule has 0 saturated heterocycles. The van der Waals surface area contributed by atoms with E-state index < -0.39 is 0 Å². The summed E-state index contributed by atoms with van der Waals surface area (Å²) in [4.78, 5) is 12.1. The van der Waals surface area contributed by atoms with E-state index in [1.165, 1.54) is 16.4 Å². The van der Waals surface area contributed by atoms with E-state index in [0.29, 0.717) is 22.6 Å². The van der Waals surface area contributed by atoms with Crippen molar-refractivity contribution in [3.05, 3.63) is 79.7 Å². The molecule has 3 aromatic rings. The highest BCUT2D eigenvalue weighted by Crippen LogP contribution is 2.24. The first-order chi connectivity index (χ1) is 12.0. The number of aromatic nitrogens is 3. The van der Waals surface area contributed by atoms with Gasteiger partial charge in [-0.1, -0.05) is 53.5 Å². The van der Waals surface area contributed by atoms with Gasteiger partial charge >= 0.3 is 11.7 Å². The van der Waals surface area contributed by atoms with Crippen LogP contribution in [0.15, 0.2) is 47.3 Å². The maximum Gasteiger partial charge on any atom is 0.348 e. The van der Waals surface area contributed by atoms with Gasteiger partial charge in [-0.2, -0.15) is 0 Å². The first kappa shape index (κ1) is 17.6. The Hall–Kier alpha value is -2.24. The Balaban J connectivity index is 1.76. The zero-order valence-corrected chi connectivity index (χ0v) is 15.4. The van der Waals surface area contributed by atoms with Gasteiger partial charge in [0.1, 0.15) is 0 Å². The summed E-state index contributed by atoms with van der Waals surface area (Å²) >= 11 is 12.0. The molecule has 0 N–H and O–H groups in total. The summed E-state index contributed by atoms with van der Waals surface area (Å²) in [6, 6.07) is 14.0. The molecule has 3 rings (SSSR count). The minimum absolute atomic E-state index is 0.211. The normalized spacial score (nSPS) is 10.9. The average Bonchev–Trinajstić information content (AvgIpc) is 2.87. The van der Waals surface area contributed by atoms with Gasteiger partial charge in [-0.05, 0) is 35.2 Å². The fourth-order valence-corrected chi connectivity index (χ4v) is 2.92. The number of benzene rings is 2. The molecule has 0 fully saturated rings. The molecule has 0 aliphatic heterocycles. The maximum atomic E-state index is 12.1. The fourth-order valence-electron chi connectivity index (χ4n) is 2.60. The Kier molecular flexibility index (Phi) is 5.16. The zero-order chi connectivity index (χ0) is 18.0. The van der Waals surface area contributed by atoms with E-state index in [4.69, 9.17) is 27.9 Å². The van der Waals surface area contributed by atoms with Crippen LogP contribution in [-0.4, -0.2) is 21.5 Å². The number of nitrogens with zero attached hydrogens (tertiary/aromatic N) is 3. The van der Waals surface area contributed by atoms with Gasteiger partial charge in [-0.3, -0.25) is 0 Å².